The molecular formula is C14H23N3. The van der Waals surface area contributed by atoms with Gasteiger partial charge in [0.05, 0.1) is 0 Å². The molecule has 0 aromatic carbocycles. The summed E-state index contributed by atoms with van der Waals surface area (Å²) in [5, 5.41) is 3.10. The highest BCUT2D eigenvalue weighted by atomic mass is 15.1. The third-order valence-corrected chi connectivity index (χ3v) is 3.79. The van der Waals surface area contributed by atoms with E-state index in [4.69, 9.17) is 0 Å². The molecule has 1 aromatic rings. The second kappa shape index (κ2) is 5.89. The van der Waals surface area contributed by atoms with Crippen LogP contribution in [0.25, 0.3) is 0 Å². The summed E-state index contributed by atoms with van der Waals surface area (Å²) in [4.78, 5) is 6.77. The van der Waals surface area contributed by atoms with Crippen molar-refractivity contribution in [3.05, 3.63) is 18.3 Å². The Morgan fingerprint density at radius 3 is 3.06 bits per heavy atom. The lowest BCUT2D eigenvalue weighted by molar-refractivity contribution is 0.459. The van der Waals surface area contributed by atoms with Crippen molar-refractivity contribution < 1.29 is 0 Å². The predicted molar refractivity (Wildman–Crippen MR) is 73.6 cm³/mol. The predicted octanol–water partition coefficient (Wildman–Crippen LogP) is 3.14. The Morgan fingerprint density at radius 2 is 2.29 bits per heavy atom. The van der Waals surface area contributed by atoms with E-state index in [1.54, 1.807) is 0 Å². The van der Waals surface area contributed by atoms with Gasteiger partial charge in [0, 0.05) is 38.1 Å². The Hall–Kier alpha value is -1.25. The molecule has 0 radical (unpaired) electrons. The summed E-state index contributed by atoms with van der Waals surface area (Å²) in [6.07, 6.45) is 7.25. The molecule has 2 heterocycles. The maximum Gasteiger partial charge on any atom is 0.127 e. The average Bonchev–Trinajstić information content (AvgIpc) is 2.64. The van der Waals surface area contributed by atoms with E-state index in [0.717, 1.165) is 11.7 Å². The summed E-state index contributed by atoms with van der Waals surface area (Å²) < 4.78 is 0. The number of pyridine rings is 1. The fraction of sp³-hybridized carbons (Fsp3) is 0.643. The lowest BCUT2D eigenvalue weighted by atomic mass is 9.98. The van der Waals surface area contributed by atoms with E-state index in [0.29, 0.717) is 0 Å². The van der Waals surface area contributed by atoms with E-state index in [2.05, 4.69) is 34.3 Å². The van der Waals surface area contributed by atoms with Gasteiger partial charge in [-0.05, 0) is 31.2 Å². The van der Waals surface area contributed by atoms with Crippen LogP contribution in [0.2, 0.25) is 0 Å². The summed E-state index contributed by atoms with van der Waals surface area (Å²) in [5.74, 6) is 1.88. The Bertz CT molecular complexity index is 351. The maximum absolute atomic E-state index is 4.27. The van der Waals surface area contributed by atoms with Gasteiger partial charge >= 0.3 is 0 Å². The molecule has 17 heavy (non-hydrogen) atoms. The number of anilines is 2. The van der Waals surface area contributed by atoms with Crippen LogP contribution in [-0.2, 0) is 0 Å². The topological polar surface area (TPSA) is 28.2 Å². The molecule has 1 fully saturated rings. The van der Waals surface area contributed by atoms with Gasteiger partial charge in [-0.1, -0.05) is 13.3 Å². The number of nitrogens with one attached hydrogen (secondary N) is 1. The van der Waals surface area contributed by atoms with Gasteiger partial charge < -0.3 is 10.2 Å². The first-order chi connectivity index (χ1) is 8.33. The van der Waals surface area contributed by atoms with Crippen molar-refractivity contribution in [2.75, 3.05) is 30.4 Å². The van der Waals surface area contributed by atoms with E-state index in [9.17, 15) is 0 Å². The SMILES string of the molecule is CCC1CCCN(c2ccnc(NC)c2)CC1. The van der Waals surface area contributed by atoms with Crippen molar-refractivity contribution >= 4 is 11.5 Å². The summed E-state index contributed by atoms with van der Waals surface area (Å²) in [7, 11) is 1.92. The van der Waals surface area contributed by atoms with Gasteiger partial charge in [-0.2, -0.15) is 0 Å². The van der Waals surface area contributed by atoms with Crippen molar-refractivity contribution in [1.82, 2.24) is 4.98 Å². The van der Waals surface area contributed by atoms with Crippen LogP contribution in [0.4, 0.5) is 11.5 Å². The standard InChI is InChI=1S/C14H23N3/c1-3-12-5-4-9-17(10-7-12)13-6-8-16-14(11-13)15-2/h6,8,11-12H,3-5,7,9-10H2,1-2H3,(H,15,16). The first-order valence-corrected chi connectivity index (χ1v) is 6.72. The van der Waals surface area contributed by atoms with Gasteiger partial charge in [-0.15, -0.1) is 0 Å². The molecule has 3 nitrogen and oxygen atoms in total. The smallest absolute Gasteiger partial charge is 0.127 e. The molecule has 0 amide bonds. The van der Waals surface area contributed by atoms with Gasteiger partial charge in [0.1, 0.15) is 5.82 Å². The molecule has 1 saturated heterocycles. The first kappa shape index (κ1) is 12.2. The summed E-state index contributed by atoms with van der Waals surface area (Å²) in [5.41, 5.74) is 1.31. The van der Waals surface area contributed by atoms with Gasteiger partial charge in [0.2, 0.25) is 0 Å². The quantitative estimate of drug-likeness (QED) is 0.869. The average molecular weight is 233 g/mol. The van der Waals surface area contributed by atoms with Gasteiger partial charge in [-0.3, -0.25) is 0 Å². The molecule has 1 unspecified atom stereocenters. The van der Waals surface area contributed by atoms with Gasteiger partial charge in [-0.25, -0.2) is 4.98 Å². The molecule has 1 aliphatic rings. The van der Waals surface area contributed by atoms with E-state index < -0.39 is 0 Å². The zero-order chi connectivity index (χ0) is 12.1. The highest BCUT2D eigenvalue weighted by Gasteiger charge is 2.16. The molecule has 94 valence electrons. The Balaban J connectivity index is 2.05. The van der Waals surface area contributed by atoms with Crippen LogP contribution in [0, 0.1) is 5.92 Å². The van der Waals surface area contributed by atoms with E-state index in [1.165, 1.54) is 44.5 Å². The third-order valence-electron chi connectivity index (χ3n) is 3.79. The third kappa shape index (κ3) is 3.11. The lowest BCUT2D eigenvalue weighted by Gasteiger charge is -2.23. The molecule has 0 aliphatic carbocycles. The van der Waals surface area contributed by atoms with E-state index in [1.807, 2.05) is 13.2 Å². The fourth-order valence-electron chi connectivity index (χ4n) is 2.58. The summed E-state index contributed by atoms with van der Waals surface area (Å²) in [6, 6.07) is 4.26. The number of hydrogen-bond acceptors (Lipinski definition) is 3. The van der Waals surface area contributed by atoms with Crippen molar-refractivity contribution in [3.63, 3.8) is 0 Å². The second-order valence-electron chi connectivity index (χ2n) is 4.84. The van der Waals surface area contributed by atoms with Crippen molar-refractivity contribution in [2.24, 2.45) is 5.92 Å². The summed E-state index contributed by atoms with van der Waals surface area (Å²) in [6.45, 7) is 4.68. The van der Waals surface area contributed by atoms with Gasteiger partial charge in [0.25, 0.3) is 0 Å². The highest BCUT2D eigenvalue weighted by Crippen LogP contribution is 2.25. The van der Waals surface area contributed by atoms with Crippen LogP contribution in [0.5, 0.6) is 0 Å². The maximum atomic E-state index is 4.27. The molecular weight excluding hydrogens is 210 g/mol. The molecule has 3 heteroatoms. The van der Waals surface area contributed by atoms with Crippen molar-refractivity contribution in [1.29, 1.82) is 0 Å². The molecule has 0 spiro atoms. The van der Waals surface area contributed by atoms with Crippen molar-refractivity contribution in [3.8, 4) is 0 Å². The number of nitrogens with zero attached hydrogens (tertiary/aromatic N) is 2. The van der Waals surface area contributed by atoms with Crippen LogP contribution >= 0.6 is 0 Å². The number of aromatic nitrogens is 1. The van der Waals surface area contributed by atoms with Crippen LogP contribution in [0.15, 0.2) is 18.3 Å². The Morgan fingerprint density at radius 1 is 1.41 bits per heavy atom. The Kier molecular flexibility index (Phi) is 4.24. The van der Waals surface area contributed by atoms with Crippen LogP contribution in [0.1, 0.15) is 32.6 Å². The molecule has 2 rings (SSSR count). The van der Waals surface area contributed by atoms with Crippen molar-refractivity contribution in [2.45, 2.75) is 32.6 Å². The van der Waals surface area contributed by atoms with E-state index >= 15 is 0 Å². The fourth-order valence-corrected chi connectivity index (χ4v) is 2.58. The largest absolute Gasteiger partial charge is 0.373 e. The van der Waals surface area contributed by atoms with Crippen LogP contribution in [0.3, 0.4) is 0 Å². The second-order valence-corrected chi connectivity index (χ2v) is 4.84. The molecule has 0 bridgehead atoms. The van der Waals surface area contributed by atoms with Gasteiger partial charge in [0.15, 0.2) is 0 Å². The molecule has 1 N–H and O–H groups in total. The number of hydrogen-bond donors (Lipinski definition) is 1. The molecule has 1 aromatic heterocycles. The summed E-state index contributed by atoms with van der Waals surface area (Å²) >= 11 is 0. The van der Waals surface area contributed by atoms with E-state index in [-0.39, 0.29) is 0 Å². The zero-order valence-electron chi connectivity index (χ0n) is 10.9. The van der Waals surface area contributed by atoms with Crippen LogP contribution < -0.4 is 10.2 Å². The minimum absolute atomic E-state index is 0.922. The highest BCUT2D eigenvalue weighted by molar-refractivity contribution is 5.53. The van der Waals surface area contributed by atoms with Crippen LogP contribution in [-0.4, -0.2) is 25.1 Å². The monoisotopic (exact) mass is 233 g/mol. The Labute approximate surface area is 104 Å². The normalized spacial score (nSPS) is 21.1. The number of rotatable bonds is 3. The minimum atomic E-state index is 0.922. The molecule has 0 saturated carbocycles. The molecule has 1 atom stereocenters. The zero-order valence-corrected chi connectivity index (χ0v) is 10.9. The minimum Gasteiger partial charge on any atom is -0.373 e. The lowest BCUT2D eigenvalue weighted by Crippen LogP contribution is -2.24. The first-order valence-electron chi connectivity index (χ1n) is 6.72. The molecule has 1 aliphatic heterocycles.